The summed E-state index contributed by atoms with van der Waals surface area (Å²) in [7, 11) is 1.60. The van der Waals surface area contributed by atoms with Gasteiger partial charge in [-0.15, -0.1) is 0 Å². The van der Waals surface area contributed by atoms with Gasteiger partial charge in [-0.1, -0.05) is 72.8 Å². The van der Waals surface area contributed by atoms with Crippen LogP contribution in [0.25, 0.3) is 10.9 Å². The number of carbonyl (C=O) groups excluding carboxylic acids is 3. The van der Waals surface area contributed by atoms with Crippen molar-refractivity contribution in [1.29, 1.82) is 0 Å². The van der Waals surface area contributed by atoms with Gasteiger partial charge in [0.05, 0.1) is 18.4 Å². The molecular weight excluding hydrogens is 528 g/mol. The van der Waals surface area contributed by atoms with Crippen molar-refractivity contribution in [2.24, 2.45) is 0 Å². The SMILES string of the molecule is COc1cccc([C@H]2c3[nH]c4ccccc4c3C[C@H]3C(=O)N(c4ccccc4C(=O)NCc4ccccc4)C(=O)N23)c1. The van der Waals surface area contributed by atoms with Crippen LogP contribution < -0.4 is 15.0 Å². The molecule has 1 saturated heterocycles. The second-order valence-electron chi connectivity index (χ2n) is 10.5. The van der Waals surface area contributed by atoms with Crippen molar-refractivity contribution in [2.45, 2.75) is 25.0 Å². The van der Waals surface area contributed by atoms with Crippen molar-refractivity contribution in [3.05, 3.63) is 131 Å². The summed E-state index contributed by atoms with van der Waals surface area (Å²) < 4.78 is 5.50. The number of methoxy groups -OCH3 is 1. The lowest BCUT2D eigenvalue weighted by Gasteiger charge is -2.36. The molecule has 0 radical (unpaired) electrons. The molecule has 42 heavy (non-hydrogen) atoms. The third-order valence-corrected chi connectivity index (χ3v) is 8.14. The minimum Gasteiger partial charge on any atom is -0.497 e. The first-order valence-corrected chi connectivity index (χ1v) is 13.9. The molecule has 0 bridgehead atoms. The lowest BCUT2D eigenvalue weighted by atomic mass is 9.89. The van der Waals surface area contributed by atoms with Crippen molar-refractivity contribution in [3.63, 3.8) is 0 Å². The van der Waals surface area contributed by atoms with Gasteiger partial charge in [0, 0.05) is 29.6 Å². The number of urea groups is 1. The summed E-state index contributed by atoms with van der Waals surface area (Å²) in [6.07, 6.45) is 0.364. The number of amides is 4. The highest BCUT2D eigenvalue weighted by atomic mass is 16.5. The molecule has 2 aliphatic rings. The number of fused-ring (bicyclic) bond motifs is 4. The van der Waals surface area contributed by atoms with Crippen LogP contribution in [0, 0.1) is 0 Å². The molecule has 8 heteroatoms. The lowest BCUT2D eigenvalue weighted by molar-refractivity contribution is -0.120. The van der Waals surface area contributed by atoms with Crippen molar-refractivity contribution >= 4 is 34.4 Å². The van der Waals surface area contributed by atoms with E-state index in [4.69, 9.17) is 4.74 Å². The first-order chi connectivity index (χ1) is 20.5. The van der Waals surface area contributed by atoms with Gasteiger partial charge in [0.1, 0.15) is 17.8 Å². The molecule has 4 amide bonds. The number of anilines is 1. The van der Waals surface area contributed by atoms with E-state index in [0.29, 0.717) is 18.7 Å². The van der Waals surface area contributed by atoms with Crippen LogP contribution >= 0.6 is 0 Å². The molecule has 7 rings (SSSR count). The molecule has 2 N–H and O–H groups in total. The zero-order valence-corrected chi connectivity index (χ0v) is 22.9. The Labute approximate surface area is 242 Å². The molecule has 208 valence electrons. The van der Waals surface area contributed by atoms with Crippen LogP contribution in [0.1, 0.15) is 38.8 Å². The summed E-state index contributed by atoms with van der Waals surface area (Å²) in [6, 6.07) is 30.1. The fourth-order valence-electron chi connectivity index (χ4n) is 6.19. The number of para-hydroxylation sites is 2. The Hall–Kier alpha value is -5.37. The van der Waals surface area contributed by atoms with E-state index in [-0.39, 0.29) is 23.1 Å². The van der Waals surface area contributed by atoms with Gasteiger partial charge in [-0.05, 0) is 47.0 Å². The average molecular weight is 557 g/mol. The molecule has 1 aromatic heterocycles. The van der Waals surface area contributed by atoms with E-state index in [0.717, 1.165) is 33.3 Å². The predicted octanol–water partition coefficient (Wildman–Crippen LogP) is 5.59. The van der Waals surface area contributed by atoms with E-state index in [1.54, 1.807) is 36.3 Å². The third-order valence-electron chi connectivity index (χ3n) is 8.14. The smallest absolute Gasteiger partial charge is 0.332 e. The quantitative estimate of drug-likeness (QED) is 0.267. The van der Waals surface area contributed by atoms with Gasteiger partial charge in [-0.3, -0.25) is 14.5 Å². The summed E-state index contributed by atoms with van der Waals surface area (Å²) in [4.78, 5) is 48.2. The normalized spacial score (nSPS) is 17.7. The largest absolute Gasteiger partial charge is 0.497 e. The van der Waals surface area contributed by atoms with Crippen molar-refractivity contribution in [2.75, 3.05) is 12.0 Å². The fourth-order valence-corrected chi connectivity index (χ4v) is 6.19. The van der Waals surface area contributed by atoms with Gasteiger partial charge < -0.3 is 15.0 Å². The zero-order chi connectivity index (χ0) is 28.8. The van der Waals surface area contributed by atoms with E-state index in [2.05, 4.69) is 10.3 Å². The highest BCUT2D eigenvalue weighted by Gasteiger charge is 2.53. The molecule has 0 unspecified atom stereocenters. The van der Waals surface area contributed by atoms with Crippen molar-refractivity contribution in [3.8, 4) is 5.75 Å². The van der Waals surface area contributed by atoms with Crippen LogP contribution in [0.3, 0.4) is 0 Å². The van der Waals surface area contributed by atoms with Gasteiger partial charge in [-0.25, -0.2) is 9.69 Å². The highest BCUT2D eigenvalue weighted by molar-refractivity contribution is 6.24. The molecule has 2 aliphatic heterocycles. The molecule has 8 nitrogen and oxygen atoms in total. The Kier molecular flexibility index (Phi) is 6.23. The second-order valence-corrected chi connectivity index (χ2v) is 10.5. The van der Waals surface area contributed by atoms with E-state index in [1.165, 1.54) is 4.90 Å². The van der Waals surface area contributed by atoms with Gasteiger partial charge >= 0.3 is 6.03 Å². The van der Waals surface area contributed by atoms with E-state index in [9.17, 15) is 14.4 Å². The van der Waals surface area contributed by atoms with Crippen LogP contribution in [0.15, 0.2) is 103 Å². The van der Waals surface area contributed by atoms with Crippen LogP contribution in [0.5, 0.6) is 5.75 Å². The van der Waals surface area contributed by atoms with Gasteiger partial charge in [0.25, 0.3) is 11.8 Å². The third kappa shape index (κ3) is 4.11. The minimum absolute atomic E-state index is 0.261. The van der Waals surface area contributed by atoms with E-state index < -0.39 is 18.1 Å². The summed E-state index contributed by atoms with van der Waals surface area (Å²) in [5.74, 6) is -0.0600. The minimum atomic E-state index is -0.735. The Morgan fingerprint density at radius 3 is 2.52 bits per heavy atom. The summed E-state index contributed by atoms with van der Waals surface area (Å²) >= 11 is 0. The molecule has 0 saturated carbocycles. The molecule has 3 heterocycles. The first kappa shape index (κ1) is 25.6. The summed E-state index contributed by atoms with van der Waals surface area (Å²) in [5.41, 5.74) is 5.14. The van der Waals surface area contributed by atoms with Crippen LogP contribution in [0.2, 0.25) is 0 Å². The zero-order valence-electron chi connectivity index (χ0n) is 22.9. The van der Waals surface area contributed by atoms with Crippen LogP contribution in [-0.2, 0) is 17.8 Å². The van der Waals surface area contributed by atoms with Crippen LogP contribution in [-0.4, -0.2) is 40.9 Å². The van der Waals surface area contributed by atoms with Gasteiger partial charge in [-0.2, -0.15) is 0 Å². The average Bonchev–Trinajstić information content (AvgIpc) is 3.53. The monoisotopic (exact) mass is 556 g/mol. The Morgan fingerprint density at radius 2 is 1.69 bits per heavy atom. The highest BCUT2D eigenvalue weighted by Crippen LogP contribution is 2.45. The van der Waals surface area contributed by atoms with Crippen molar-refractivity contribution in [1.82, 2.24) is 15.2 Å². The maximum atomic E-state index is 14.3. The molecule has 0 spiro atoms. The van der Waals surface area contributed by atoms with Crippen LogP contribution in [0.4, 0.5) is 10.5 Å². The molecule has 5 aromatic rings. The number of nitrogens with zero attached hydrogens (tertiary/aromatic N) is 2. The molecule has 2 atom stereocenters. The Morgan fingerprint density at radius 1 is 0.929 bits per heavy atom. The fraction of sp³-hybridized carbons (Fsp3) is 0.147. The van der Waals surface area contributed by atoms with E-state index in [1.807, 2.05) is 78.9 Å². The predicted molar refractivity (Wildman–Crippen MR) is 159 cm³/mol. The summed E-state index contributed by atoms with van der Waals surface area (Å²) in [5, 5.41) is 3.96. The number of rotatable bonds is 6. The number of imide groups is 1. The number of aromatic amines is 1. The lowest BCUT2D eigenvalue weighted by Crippen LogP contribution is -2.44. The molecule has 0 aliphatic carbocycles. The van der Waals surface area contributed by atoms with E-state index >= 15 is 0 Å². The number of H-pyrrole nitrogens is 1. The number of ether oxygens (including phenoxy) is 1. The van der Waals surface area contributed by atoms with Crippen molar-refractivity contribution < 1.29 is 19.1 Å². The number of aromatic nitrogens is 1. The van der Waals surface area contributed by atoms with Gasteiger partial charge in [0.2, 0.25) is 0 Å². The molecule has 1 fully saturated rings. The second kappa shape index (κ2) is 10.2. The summed E-state index contributed by atoms with van der Waals surface area (Å²) in [6.45, 7) is 0.324. The van der Waals surface area contributed by atoms with Gasteiger partial charge in [0.15, 0.2) is 0 Å². The maximum Gasteiger partial charge on any atom is 0.332 e. The number of hydrogen-bond donors (Lipinski definition) is 2. The topological polar surface area (TPSA) is 94.7 Å². The number of nitrogens with one attached hydrogen (secondary N) is 2. The first-order valence-electron chi connectivity index (χ1n) is 13.9. The standard InChI is InChI=1S/C34H28N4O4/c1-42-23-13-9-12-22(18-23)31-30-26(24-14-5-7-16-27(24)36-30)19-29-33(40)38(34(41)37(29)31)28-17-8-6-15-25(28)32(39)35-20-21-10-3-2-4-11-21/h2-18,29,31,36H,19-20H2,1H3,(H,35,39)/t29-,31-/m0/s1. The number of hydrogen-bond acceptors (Lipinski definition) is 4. The number of carbonyl (C=O) groups is 3. The Bertz CT molecular complexity index is 1850. The molecular formula is C34H28N4O4. The number of benzene rings is 4. The Balaban J connectivity index is 1.30. The maximum absolute atomic E-state index is 14.3. The molecule has 4 aromatic carbocycles.